The molecule has 236 valence electrons. The highest BCUT2D eigenvalue weighted by atomic mass is 15.0. The van der Waals surface area contributed by atoms with Crippen molar-refractivity contribution in [1.82, 2.24) is 4.57 Å². The van der Waals surface area contributed by atoms with Crippen LogP contribution in [-0.4, -0.2) is 4.57 Å². The summed E-state index contributed by atoms with van der Waals surface area (Å²) < 4.78 is 2.55. The molecule has 9 aromatic rings. The second kappa shape index (κ2) is 9.74. The van der Waals surface area contributed by atoms with E-state index in [1.54, 1.807) is 0 Å². The van der Waals surface area contributed by atoms with E-state index in [0.29, 0.717) is 0 Å². The van der Waals surface area contributed by atoms with Crippen LogP contribution in [0.4, 0.5) is 11.4 Å². The fourth-order valence-electron chi connectivity index (χ4n) is 9.81. The van der Waals surface area contributed by atoms with Crippen LogP contribution in [0.15, 0.2) is 176 Å². The first-order chi connectivity index (χ1) is 25.3. The maximum atomic E-state index is 3.99. The third kappa shape index (κ3) is 3.32. The van der Waals surface area contributed by atoms with Gasteiger partial charge in [0.2, 0.25) is 0 Å². The Morgan fingerprint density at radius 1 is 0.431 bits per heavy atom. The van der Waals surface area contributed by atoms with Gasteiger partial charge in [-0.3, -0.25) is 0 Å². The lowest BCUT2D eigenvalue weighted by molar-refractivity contribution is 0.794. The Kier molecular flexibility index (Phi) is 5.20. The minimum atomic E-state index is -0.455. The SMILES string of the molecule is c1ccc(-c2ccc(Nc3cc4c5c6c3c3ccccc3n6-c3ccccc3-c3cccc(c3-5)C43c4ccccc4-c4ccccc43)cc2)cc1. The molecule has 1 spiro atoms. The van der Waals surface area contributed by atoms with Crippen LogP contribution < -0.4 is 5.32 Å². The quantitative estimate of drug-likeness (QED) is 0.202. The van der Waals surface area contributed by atoms with Crippen molar-refractivity contribution >= 4 is 33.2 Å². The fourth-order valence-corrected chi connectivity index (χ4v) is 9.81. The summed E-state index contributed by atoms with van der Waals surface area (Å²) in [5.74, 6) is 0. The average Bonchev–Trinajstić information content (AvgIpc) is 3.77. The maximum Gasteiger partial charge on any atom is 0.0727 e. The highest BCUT2D eigenvalue weighted by Gasteiger charge is 2.53. The third-order valence-electron chi connectivity index (χ3n) is 11.7. The summed E-state index contributed by atoms with van der Waals surface area (Å²) in [6.45, 7) is 0. The van der Waals surface area contributed by atoms with Crippen LogP contribution in [0.2, 0.25) is 0 Å². The number of hydrogen-bond acceptors (Lipinski definition) is 1. The van der Waals surface area contributed by atoms with Crippen molar-refractivity contribution in [2.75, 3.05) is 5.32 Å². The van der Waals surface area contributed by atoms with Gasteiger partial charge >= 0.3 is 0 Å². The van der Waals surface area contributed by atoms with E-state index in [0.717, 1.165) is 11.4 Å². The lowest BCUT2D eigenvalue weighted by atomic mass is 9.70. The average molecular weight is 647 g/mol. The molecule has 0 saturated carbocycles. The molecule has 51 heavy (non-hydrogen) atoms. The van der Waals surface area contributed by atoms with Crippen molar-refractivity contribution in [1.29, 1.82) is 0 Å². The molecular weight excluding hydrogens is 617 g/mol. The van der Waals surface area contributed by atoms with Gasteiger partial charge in [0.15, 0.2) is 0 Å². The number of nitrogens with zero attached hydrogens (tertiary/aromatic N) is 1. The van der Waals surface area contributed by atoms with Crippen LogP contribution >= 0.6 is 0 Å². The molecule has 0 radical (unpaired) electrons. The maximum absolute atomic E-state index is 3.99. The van der Waals surface area contributed by atoms with Gasteiger partial charge in [-0.25, -0.2) is 0 Å². The summed E-state index contributed by atoms with van der Waals surface area (Å²) in [6.07, 6.45) is 0. The molecule has 1 aromatic heterocycles. The van der Waals surface area contributed by atoms with Crippen LogP contribution in [-0.2, 0) is 5.41 Å². The lowest BCUT2D eigenvalue weighted by Gasteiger charge is -2.31. The molecular formula is C49H30N2. The summed E-state index contributed by atoms with van der Waals surface area (Å²) in [7, 11) is 0. The van der Waals surface area contributed by atoms with Crippen molar-refractivity contribution < 1.29 is 0 Å². The highest BCUT2D eigenvalue weighted by Crippen LogP contribution is 2.67. The van der Waals surface area contributed by atoms with Gasteiger partial charge in [-0.05, 0) is 86.0 Å². The zero-order valence-electron chi connectivity index (χ0n) is 27.7. The van der Waals surface area contributed by atoms with Crippen LogP contribution in [0, 0.1) is 0 Å². The summed E-state index contributed by atoms with van der Waals surface area (Å²) in [5.41, 5.74) is 21.2. The number of para-hydroxylation sites is 2. The topological polar surface area (TPSA) is 17.0 Å². The summed E-state index contributed by atoms with van der Waals surface area (Å²) in [6, 6.07) is 65.1. The molecule has 2 heterocycles. The van der Waals surface area contributed by atoms with Gasteiger partial charge in [0, 0.05) is 33.3 Å². The van der Waals surface area contributed by atoms with E-state index in [1.165, 1.54) is 94.3 Å². The predicted octanol–water partition coefficient (Wildman–Crippen LogP) is 12.5. The molecule has 0 atom stereocenters. The molecule has 1 aliphatic heterocycles. The van der Waals surface area contributed by atoms with E-state index in [4.69, 9.17) is 0 Å². The van der Waals surface area contributed by atoms with Gasteiger partial charge in [0.1, 0.15) is 0 Å². The Hall–Kier alpha value is -6.64. The number of nitrogens with one attached hydrogen (secondary N) is 1. The molecule has 2 nitrogen and oxygen atoms in total. The predicted molar refractivity (Wildman–Crippen MR) is 211 cm³/mol. The zero-order chi connectivity index (χ0) is 33.3. The summed E-state index contributed by atoms with van der Waals surface area (Å²) in [4.78, 5) is 0. The zero-order valence-corrected chi connectivity index (χ0v) is 27.7. The standard InChI is InChI=1S/C49H30N2/c1-2-13-30(14-3-1)31-25-27-32(28-26-31)50-42-29-41-47-45-36(35-17-6-10-23-43(35)51-44-24-11-7-18-37(44)46(42)48(47)51)19-12-22-40(45)49(41)38-20-8-4-15-33(38)34-16-5-9-21-39(34)49/h1-29,50H. The Morgan fingerprint density at radius 2 is 1.04 bits per heavy atom. The molecule has 3 aliphatic rings. The Morgan fingerprint density at radius 3 is 1.82 bits per heavy atom. The molecule has 0 fully saturated rings. The van der Waals surface area contributed by atoms with Crippen molar-refractivity contribution in [3.8, 4) is 50.2 Å². The van der Waals surface area contributed by atoms with E-state index in [9.17, 15) is 0 Å². The molecule has 0 saturated heterocycles. The first-order valence-electron chi connectivity index (χ1n) is 17.8. The monoisotopic (exact) mass is 646 g/mol. The van der Waals surface area contributed by atoms with Crippen LogP contribution in [0.1, 0.15) is 22.3 Å². The first kappa shape index (κ1) is 27.2. The van der Waals surface area contributed by atoms with E-state index in [1.807, 2.05) is 0 Å². The van der Waals surface area contributed by atoms with Crippen molar-refractivity contribution in [3.05, 3.63) is 198 Å². The Labute approximate surface area is 295 Å². The van der Waals surface area contributed by atoms with Gasteiger partial charge in [-0.15, -0.1) is 0 Å². The van der Waals surface area contributed by atoms with E-state index in [2.05, 4.69) is 186 Å². The van der Waals surface area contributed by atoms with Gasteiger partial charge < -0.3 is 9.88 Å². The smallest absolute Gasteiger partial charge is 0.0727 e. The highest BCUT2D eigenvalue weighted by molar-refractivity contribution is 6.24. The Balaban J connectivity index is 1.24. The van der Waals surface area contributed by atoms with Gasteiger partial charge in [0.25, 0.3) is 0 Å². The molecule has 12 rings (SSSR count). The van der Waals surface area contributed by atoms with E-state index in [-0.39, 0.29) is 0 Å². The van der Waals surface area contributed by atoms with Crippen LogP contribution in [0.25, 0.3) is 72.0 Å². The molecule has 2 heteroatoms. The minimum absolute atomic E-state index is 0.455. The molecule has 0 bridgehead atoms. The van der Waals surface area contributed by atoms with E-state index >= 15 is 0 Å². The molecule has 8 aromatic carbocycles. The minimum Gasteiger partial charge on any atom is -0.355 e. The molecule has 0 amide bonds. The summed E-state index contributed by atoms with van der Waals surface area (Å²) in [5, 5.41) is 6.50. The van der Waals surface area contributed by atoms with Crippen LogP contribution in [0.5, 0.6) is 0 Å². The number of fused-ring (bicyclic) bond motifs is 13. The molecule has 0 unspecified atom stereocenters. The van der Waals surface area contributed by atoms with Gasteiger partial charge in [-0.2, -0.15) is 0 Å². The van der Waals surface area contributed by atoms with Gasteiger partial charge in [0.05, 0.1) is 22.1 Å². The first-order valence-corrected chi connectivity index (χ1v) is 17.8. The number of anilines is 2. The van der Waals surface area contributed by atoms with Gasteiger partial charge in [-0.1, -0.05) is 146 Å². The lowest BCUT2D eigenvalue weighted by Crippen LogP contribution is -2.26. The Bertz CT molecular complexity index is 2880. The molecule has 1 N–H and O–H groups in total. The number of benzene rings is 8. The van der Waals surface area contributed by atoms with Crippen molar-refractivity contribution in [3.63, 3.8) is 0 Å². The fraction of sp³-hybridized carbons (Fsp3) is 0.0204. The largest absolute Gasteiger partial charge is 0.355 e. The van der Waals surface area contributed by atoms with Crippen molar-refractivity contribution in [2.24, 2.45) is 0 Å². The second-order valence-electron chi connectivity index (χ2n) is 14.1. The molecule has 2 aliphatic carbocycles. The summed E-state index contributed by atoms with van der Waals surface area (Å²) >= 11 is 0. The van der Waals surface area contributed by atoms with E-state index < -0.39 is 5.41 Å². The normalized spacial score (nSPS) is 13.6. The number of aromatic nitrogens is 1. The number of rotatable bonds is 3. The van der Waals surface area contributed by atoms with Crippen molar-refractivity contribution in [2.45, 2.75) is 5.41 Å². The number of hydrogen-bond donors (Lipinski definition) is 1. The third-order valence-corrected chi connectivity index (χ3v) is 11.7. The van der Waals surface area contributed by atoms with Crippen LogP contribution in [0.3, 0.4) is 0 Å². The second-order valence-corrected chi connectivity index (χ2v) is 14.1.